The minimum Gasteiger partial charge on any atom is -0.297 e. The fraction of sp³-hybridized carbons (Fsp3) is 0.308. The Labute approximate surface area is 102 Å². The van der Waals surface area contributed by atoms with Gasteiger partial charge >= 0.3 is 0 Å². The molecule has 0 saturated heterocycles. The van der Waals surface area contributed by atoms with Crippen molar-refractivity contribution in [2.75, 3.05) is 0 Å². The number of carbonyl (C=O) groups is 1. The Morgan fingerprint density at radius 3 is 2.56 bits per heavy atom. The highest BCUT2D eigenvalue weighted by molar-refractivity contribution is 5.84. The SMILES string of the molecule is O=C(Cn1[nH]c(=O)c2ccccc2c1=O)C1CC1. The molecule has 1 aliphatic rings. The molecule has 1 aliphatic carbocycles. The molecule has 1 heterocycles. The highest BCUT2D eigenvalue weighted by Crippen LogP contribution is 2.29. The molecule has 2 aromatic rings. The van der Waals surface area contributed by atoms with Crippen molar-refractivity contribution in [1.29, 1.82) is 0 Å². The van der Waals surface area contributed by atoms with Crippen LogP contribution in [0.25, 0.3) is 10.8 Å². The molecular formula is C13H12N2O3. The van der Waals surface area contributed by atoms with E-state index in [0.717, 1.165) is 17.5 Å². The van der Waals surface area contributed by atoms with E-state index in [1.807, 2.05) is 0 Å². The van der Waals surface area contributed by atoms with Crippen molar-refractivity contribution < 1.29 is 4.79 Å². The maximum atomic E-state index is 12.1. The number of ketones is 1. The van der Waals surface area contributed by atoms with Gasteiger partial charge in [-0.15, -0.1) is 0 Å². The monoisotopic (exact) mass is 244 g/mol. The first-order chi connectivity index (χ1) is 8.66. The third-order valence-corrected chi connectivity index (χ3v) is 3.23. The molecule has 3 rings (SSSR count). The van der Waals surface area contributed by atoms with Crippen LogP contribution in [-0.4, -0.2) is 15.6 Å². The van der Waals surface area contributed by atoms with E-state index < -0.39 is 0 Å². The summed E-state index contributed by atoms with van der Waals surface area (Å²) in [5.41, 5.74) is -0.659. The summed E-state index contributed by atoms with van der Waals surface area (Å²) in [5.74, 6) is 0.0925. The van der Waals surface area contributed by atoms with Gasteiger partial charge in [0.15, 0.2) is 5.78 Å². The summed E-state index contributed by atoms with van der Waals surface area (Å²) in [6.45, 7) is -0.0381. The zero-order valence-electron chi connectivity index (χ0n) is 9.68. The van der Waals surface area contributed by atoms with Crippen molar-refractivity contribution in [2.24, 2.45) is 5.92 Å². The number of hydrogen-bond acceptors (Lipinski definition) is 3. The molecule has 5 heteroatoms. The summed E-state index contributed by atoms with van der Waals surface area (Å²) in [7, 11) is 0. The van der Waals surface area contributed by atoms with Crippen LogP contribution < -0.4 is 11.1 Å². The molecule has 0 spiro atoms. The van der Waals surface area contributed by atoms with Crippen LogP contribution in [0.1, 0.15) is 12.8 Å². The Morgan fingerprint density at radius 2 is 1.89 bits per heavy atom. The topological polar surface area (TPSA) is 71.9 Å². The second kappa shape index (κ2) is 3.94. The summed E-state index contributed by atoms with van der Waals surface area (Å²) in [4.78, 5) is 35.6. The van der Waals surface area contributed by atoms with Crippen LogP contribution >= 0.6 is 0 Å². The number of hydrogen-bond donors (Lipinski definition) is 1. The van der Waals surface area contributed by atoms with E-state index >= 15 is 0 Å². The van der Waals surface area contributed by atoms with E-state index in [0.29, 0.717) is 10.8 Å². The van der Waals surface area contributed by atoms with Crippen LogP contribution in [-0.2, 0) is 11.3 Å². The molecule has 0 atom stereocenters. The number of aromatic amines is 1. The molecule has 1 N–H and O–H groups in total. The molecule has 1 aromatic heterocycles. The molecule has 1 saturated carbocycles. The van der Waals surface area contributed by atoms with Crippen LogP contribution in [0.15, 0.2) is 33.9 Å². The van der Waals surface area contributed by atoms with Gasteiger partial charge in [0, 0.05) is 5.92 Å². The molecule has 18 heavy (non-hydrogen) atoms. The van der Waals surface area contributed by atoms with Gasteiger partial charge in [-0.3, -0.25) is 19.5 Å². The average Bonchev–Trinajstić information content (AvgIpc) is 3.20. The van der Waals surface area contributed by atoms with Crippen LogP contribution in [0.5, 0.6) is 0 Å². The predicted octanol–water partition coefficient (Wildman–Crippen LogP) is 0.669. The minimum atomic E-state index is -0.339. The van der Waals surface area contributed by atoms with Gasteiger partial charge in [0.05, 0.1) is 10.8 Å². The molecule has 0 amide bonds. The summed E-state index contributed by atoms with van der Waals surface area (Å²) in [6.07, 6.45) is 1.79. The Kier molecular flexibility index (Phi) is 2.40. The first-order valence-electron chi connectivity index (χ1n) is 5.91. The second-order valence-electron chi connectivity index (χ2n) is 4.62. The number of fused-ring (bicyclic) bond motifs is 1. The third kappa shape index (κ3) is 1.77. The van der Waals surface area contributed by atoms with Gasteiger partial charge in [0.25, 0.3) is 11.1 Å². The highest BCUT2D eigenvalue weighted by atomic mass is 16.2. The van der Waals surface area contributed by atoms with E-state index in [4.69, 9.17) is 0 Å². The van der Waals surface area contributed by atoms with Gasteiger partial charge in [-0.1, -0.05) is 12.1 Å². The van der Waals surface area contributed by atoms with Crippen LogP contribution in [0.3, 0.4) is 0 Å². The maximum absolute atomic E-state index is 12.1. The zero-order valence-corrected chi connectivity index (χ0v) is 9.68. The van der Waals surface area contributed by atoms with E-state index in [9.17, 15) is 14.4 Å². The summed E-state index contributed by atoms with van der Waals surface area (Å²) >= 11 is 0. The fourth-order valence-electron chi connectivity index (χ4n) is 2.05. The van der Waals surface area contributed by atoms with Gasteiger partial charge in [0.1, 0.15) is 6.54 Å². The third-order valence-electron chi connectivity index (χ3n) is 3.23. The molecule has 0 unspecified atom stereocenters. The van der Waals surface area contributed by atoms with Gasteiger partial charge in [-0.25, -0.2) is 4.68 Å². The Bertz CT molecular complexity index is 738. The van der Waals surface area contributed by atoms with E-state index in [1.54, 1.807) is 24.3 Å². The zero-order chi connectivity index (χ0) is 12.7. The van der Waals surface area contributed by atoms with Crippen molar-refractivity contribution in [3.8, 4) is 0 Å². The number of aromatic nitrogens is 2. The molecule has 5 nitrogen and oxygen atoms in total. The smallest absolute Gasteiger partial charge is 0.273 e. The lowest BCUT2D eigenvalue weighted by Crippen LogP contribution is -2.32. The summed E-state index contributed by atoms with van der Waals surface area (Å²) in [5, 5.41) is 3.17. The van der Waals surface area contributed by atoms with E-state index in [1.165, 1.54) is 0 Å². The fourth-order valence-corrected chi connectivity index (χ4v) is 2.05. The normalized spacial score (nSPS) is 14.9. The Hall–Kier alpha value is -2.17. The number of nitrogens with zero attached hydrogens (tertiary/aromatic N) is 1. The lowest BCUT2D eigenvalue weighted by Gasteiger charge is -2.05. The highest BCUT2D eigenvalue weighted by Gasteiger charge is 2.29. The standard InChI is InChI=1S/C13H12N2O3/c16-11(8-5-6-8)7-15-13(18)10-4-2-1-3-9(10)12(17)14-15/h1-4,8H,5-7H2,(H,14,17). The number of Topliss-reactive ketones (excluding diaryl/α,β-unsaturated/α-hetero) is 1. The van der Waals surface area contributed by atoms with Crippen molar-refractivity contribution >= 4 is 16.6 Å². The predicted molar refractivity (Wildman–Crippen MR) is 66.6 cm³/mol. The van der Waals surface area contributed by atoms with Crippen molar-refractivity contribution in [3.63, 3.8) is 0 Å². The van der Waals surface area contributed by atoms with E-state index in [2.05, 4.69) is 5.10 Å². The average molecular weight is 244 g/mol. The molecule has 0 bridgehead atoms. The number of nitrogens with one attached hydrogen (secondary N) is 1. The molecular weight excluding hydrogens is 232 g/mol. The van der Waals surface area contributed by atoms with Gasteiger partial charge in [0.2, 0.25) is 0 Å². The number of benzene rings is 1. The van der Waals surface area contributed by atoms with Crippen LogP contribution in [0.2, 0.25) is 0 Å². The maximum Gasteiger partial charge on any atom is 0.273 e. The van der Waals surface area contributed by atoms with E-state index in [-0.39, 0.29) is 29.4 Å². The Balaban J connectivity index is 2.12. The van der Waals surface area contributed by atoms with Crippen molar-refractivity contribution in [2.45, 2.75) is 19.4 Å². The second-order valence-corrected chi connectivity index (χ2v) is 4.62. The Morgan fingerprint density at radius 1 is 1.22 bits per heavy atom. The quantitative estimate of drug-likeness (QED) is 0.862. The molecule has 92 valence electrons. The summed E-state index contributed by atoms with van der Waals surface area (Å²) < 4.78 is 1.12. The number of carbonyl (C=O) groups excluding carboxylic acids is 1. The summed E-state index contributed by atoms with van der Waals surface area (Å²) in [6, 6.07) is 6.61. The lowest BCUT2D eigenvalue weighted by atomic mass is 10.2. The largest absolute Gasteiger partial charge is 0.297 e. The molecule has 0 radical (unpaired) electrons. The number of rotatable bonds is 3. The van der Waals surface area contributed by atoms with Gasteiger partial charge < -0.3 is 0 Å². The van der Waals surface area contributed by atoms with Gasteiger partial charge in [-0.05, 0) is 25.0 Å². The molecule has 1 aromatic carbocycles. The molecule has 0 aliphatic heterocycles. The first-order valence-corrected chi connectivity index (χ1v) is 5.91. The minimum absolute atomic E-state index is 0.0167. The number of H-pyrrole nitrogens is 1. The van der Waals surface area contributed by atoms with Crippen molar-refractivity contribution in [1.82, 2.24) is 9.78 Å². The first kappa shape index (κ1) is 11.0. The van der Waals surface area contributed by atoms with Crippen LogP contribution in [0.4, 0.5) is 0 Å². The molecule has 1 fully saturated rings. The van der Waals surface area contributed by atoms with Crippen molar-refractivity contribution in [3.05, 3.63) is 45.0 Å². The van der Waals surface area contributed by atoms with Crippen LogP contribution in [0, 0.1) is 5.92 Å². The lowest BCUT2D eigenvalue weighted by molar-refractivity contribution is -0.121. The van der Waals surface area contributed by atoms with Gasteiger partial charge in [-0.2, -0.15) is 0 Å².